The van der Waals surface area contributed by atoms with Gasteiger partial charge in [0.1, 0.15) is 0 Å². The van der Waals surface area contributed by atoms with Gasteiger partial charge in [-0.1, -0.05) is 90.9 Å². The van der Waals surface area contributed by atoms with Crippen molar-refractivity contribution in [2.45, 2.75) is 167 Å². The predicted molar refractivity (Wildman–Crippen MR) is 144 cm³/mol. The summed E-state index contributed by atoms with van der Waals surface area (Å²) in [5.74, 6) is 2.48. The molecule has 2 aliphatic carbocycles. The Hall–Kier alpha value is -0.150. The molecule has 3 atom stereocenters. The summed E-state index contributed by atoms with van der Waals surface area (Å²) >= 11 is 0. The number of unbranched alkanes of at least 4 members (excludes halogenated alkanes) is 8. The van der Waals surface area contributed by atoms with Crippen LogP contribution in [0.5, 0.6) is 0 Å². The van der Waals surface area contributed by atoms with Gasteiger partial charge in [0, 0.05) is 18.6 Å². The van der Waals surface area contributed by atoms with Crippen LogP contribution in [0.1, 0.15) is 149 Å². The molecule has 3 heteroatoms. The number of piperidine rings is 1. The highest BCUT2D eigenvalue weighted by Crippen LogP contribution is 2.42. The van der Waals surface area contributed by atoms with E-state index in [1.807, 2.05) is 0 Å². The van der Waals surface area contributed by atoms with E-state index >= 15 is 4.39 Å². The van der Waals surface area contributed by atoms with Crippen molar-refractivity contribution in [3.8, 4) is 0 Å². The first-order valence-electron chi connectivity index (χ1n) is 15.7. The topological polar surface area (TPSA) is 21.3 Å². The highest BCUT2D eigenvalue weighted by molar-refractivity contribution is 4.91. The Balaban J connectivity index is 1.26. The molecule has 0 radical (unpaired) electrons. The first-order chi connectivity index (χ1) is 16.7. The molecule has 2 saturated carbocycles. The van der Waals surface area contributed by atoms with Crippen molar-refractivity contribution < 1.29 is 9.13 Å². The van der Waals surface area contributed by atoms with E-state index in [0.717, 1.165) is 18.9 Å². The van der Waals surface area contributed by atoms with Crippen molar-refractivity contribution >= 4 is 0 Å². The molecular formula is C31H58FNO. The van der Waals surface area contributed by atoms with Crippen LogP contribution >= 0.6 is 0 Å². The summed E-state index contributed by atoms with van der Waals surface area (Å²) in [6, 6.07) is 0.403. The molecule has 0 aromatic heterocycles. The van der Waals surface area contributed by atoms with Crippen molar-refractivity contribution in [2.24, 2.45) is 23.7 Å². The van der Waals surface area contributed by atoms with E-state index in [4.69, 9.17) is 4.74 Å². The first kappa shape index (κ1) is 28.4. The predicted octanol–water partition coefficient (Wildman–Crippen LogP) is 9.36. The Kier molecular flexibility index (Phi) is 13.8. The fraction of sp³-hybridized carbons (Fsp3) is 1.00. The molecular weight excluding hydrogens is 421 g/mol. The Morgan fingerprint density at radius 2 is 1.26 bits per heavy atom. The zero-order valence-electron chi connectivity index (χ0n) is 22.9. The second-order valence-corrected chi connectivity index (χ2v) is 12.2. The molecule has 1 heterocycles. The molecule has 0 aromatic carbocycles. The number of halogens is 1. The summed E-state index contributed by atoms with van der Waals surface area (Å²) in [5, 5.41) is 3.48. The quantitative estimate of drug-likeness (QED) is 0.186. The van der Waals surface area contributed by atoms with Crippen molar-refractivity contribution in [1.29, 1.82) is 0 Å². The lowest BCUT2D eigenvalue weighted by molar-refractivity contribution is -0.00403. The number of hydrogen-bond donors (Lipinski definition) is 1. The average Bonchev–Trinajstić information content (AvgIpc) is 2.87. The third kappa shape index (κ3) is 9.72. The number of hydrogen-bond acceptors (Lipinski definition) is 2. The van der Waals surface area contributed by atoms with Gasteiger partial charge in [-0.15, -0.1) is 0 Å². The van der Waals surface area contributed by atoms with E-state index in [2.05, 4.69) is 19.2 Å². The molecule has 0 amide bonds. The summed E-state index contributed by atoms with van der Waals surface area (Å²) in [5.41, 5.74) is 0. The standard InChI is InChI=1S/C31H58FNO/c1-3-5-7-9-10-12-24-34-28-20-18-27(19-21-28)30-23-22-29(31(32)33-30)26-16-14-25(15-17-26)13-11-8-6-4-2/h25-31,33H,3-24H2,1-2H3. The average molecular weight is 480 g/mol. The van der Waals surface area contributed by atoms with Gasteiger partial charge >= 0.3 is 0 Å². The normalized spacial score (nSPS) is 34.9. The van der Waals surface area contributed by atoms with E-state index < -0.39 is 6.30 Å². The van der Waals surface area contributed by atoms with Gasteiger partial charge in [-0.3, -0.25) is 5.32 Å². The Morgan fingerprint density at radius 3 is 1.94 bits per heavy atom. The Labute approximate surface area is 211 Å². The van der Waals surface area contributed by atoms with Gasteiger partial charge in [-0.2, -0.15) is 0 Å². The maximum Gasteiger partial charge on any atom is 0.154 e. The Bertz CT molecular complexity index is 498. The van der Waals surface area contributed by atoms with Crippen LogP contribution in [0.3, 0.4) is 0 Å². The first-order valence-corrected chi connectivity index (χ1v) is 15.7. The van der Waals surface area contributed by atoms with Gasteiger partial charge in [0.05, 0.1) is 6.10 Å². The Morgan fingerprint density at radius 1 is 0.647 bits per heavy atom. The molecule has 3 fully saturated rings. The van der Waals surface area contributed by atoms with Gasteiger partial charge in [-0.05, 0) is 75.5 Å². The van der Waals surface area contributed by atoms with Gasteiger partial charge in [-0.25, -0.2) is 4.39 Å². The van der Waals surface area contributed by atoms with Crippen LogP contribution < -0.4 is 5.32 Å². The van der Waals surface area contributed by atoms with Crippen molar-refractivity contribution in [3.63, 3.8) is 0 Å². The largest absolute Gasteiger partial charge is 0.378 e. The summed E-state index contributed by atoms with van der Waals surface area (Å²) in [4.78, 5) is 0. The molecule has 0 spiro atoms. The smallest absolute Gasteiger partial charge is 0.154 e. The van der Waals surface area contributed by atoms with Gasteiger partial charge in [0.2, 0.25) is 0 Å². The third-order valence-corrected chi connectivity index (χ3v) is 9.66. The molecule has 1 saturated heterocycles. The van der Waals surface area contributed by atoms with Crippen LogP contribution in [-0.2, 0) is 4.74 Å². The molecule has 1 aliphatic heterocycles. The van der Waals surface area contributed by atoms with Gasteiger partial charge < -0.3 is 4.74 Å². The molecule has 3 unspecified atom stereocenters. The van der Waals surface area contributed by atoms with Gasteiger partial charge in [0.25, 0.3) is 0 Å². The summed E-state index contributed by atoms with van der Waals surface area (Å²) in [7, 11) is 0. The van der Waals surface area contributed by atoms with Crippen molar-refractivity contribution in [3.05, 3.63) is 0 Å². The highest BCUT2D eigenvalue weighted by Gasteiger charge is 2.39. The minimum absolute atomic E-state index is 0.272. The summed E-state index contributed by atoms with van der Waals surface area (Å²) in [6.45, 7) is 5.51. The van der Waals surface area contributed by atoms with Crippen LogP contribution in [0.25, 0.3) is 0 Å². The fourth-order valence-corrected chi connectivity index (χ4v) is 7.33. The van der Waals surface area contributed by atoms with E-state index in [-0.39, 0.29) is 5.92 Å². The number of rotatable bonds is 15. The lowest BCUT2D eigenvalue weighted by atomic mass is 9.70. The molecule has 0 aromatic rings. The van der Waals surface area contributed by atoms with Crippen LogP contribution in [-0.4, -0.2) is 25.0 Å². The molecule has 0 bridgehead atoms. The van der Waals surface area contributed by atoms with Crippen LogP contribution in [0, 0.1) is 23.7 Å². The van der Waals surface area contributed by atoms with E-state index in [1.54, 1.807) is 0 Å². The minimum atomic E-state index is -0.772. The molecule has 3 rings (SSSR count). The number of nitrogens with one attached hydrogen (secondary N) is 1. The molecule has 3 aliphatic rings. The third-order valence-electron chi connectivity index (χ3n) is 9.66. The second kappa shape index (κ2) is 16.6. The molecule has 2 nitrogen and oxygen atoms in total. The minimum Gasteiger partial charge on any atom is -0.378 e. The van der Waals surface area contributed by atoms with Crippen LogP contribution in [0.15, 0.2) is 0 Å². The molecule has 34 heavy (non-hydrogen) atoms. The maximum absolute atomic E-state index is 15.3. The second-order valence-electron chi connectivity index (χ2n) is 12.2. The zero-order chi connectivity index (χ0) is 24.0. The van der Waals surface area contributed by atoms with E-state index in [1.165, 1.54) is 128 Å². The SMILES string of the molecule is CCCCCCCCOC1CCC(C2CCC(C3CCC(CCCCCC)CC3)C(F)N2)CC1. The lowest BCUT2D eigenvalue weighted by Crippen LogP contribution is -2.51. The molecule has 200 valence electrons. The van der Waals surface area contributed by atoms with Crippen molar-refractivity contribution in [1.82, 2.24) is 5.32 Å². The highest BCUT2D eigenvalue weighted by atomic mass is 19.1. The van der Waals surface area contributed by atoms with Crippen molar-refractivity contribution in [2.75, 3.05) is 6.61 Å². The number of ether oxygens (including phenoxy) is 1. The lowest BCUT2D eigenvalue weighted by Gasteiger charge is -2.43. The maximum atomic E-state index is 15.3. The summed E-state index contributed by atoms with van der Waals surface area (Å²) in [6.07, 6.45) is 27.0. The van der Waals surface area contributed by atoms with Gasteiger partial charge in [0.15, 0.2) is 6.30 Å². The fourth-order valence-electron chi connectivity index (χ4n) is 7.33. The van der Waals surface area contributed by atoms with E-state index in [0.29, 0.717) is 24.0 Å². The summed E-state index contributed by atoms with van der Waals surface area (Å²) < 4.78 is 21.5. The number of alkyl halides is 1. The monoisotopic (exact) mass is 479 g/mol. The van der Waals surface area contributed by atoms with Crippen LogP contribution in [0.4, 0.5) is 4.39 Å². The van der Waals surface area contributed by atoms with Crippen LogP contribution in [0.2, 0.25) is 0 Å². The molecule has 1 N–H and O–H groups in total. The van der Waals surface area contributed by atoms with E-state index in [9.17, 15) is 0 Å². The zero-order valence-corrected chi connectivity index (χ0v) is 22.9.